The summed E-state index contributed by atoms with van der Waals surface area (Å²) in [7, 11) is -1.67. The van der Waals surface area contributed by atoms with E-state index in [0.717, 1.165) is 25.9 Å². The van der Waals surface area contributed by atoms with Gasteiger partial charge in [-0.3, -0.25) is 0 Å². The second-order valence-electron chi connectivity index (χ2n) is 3.56. The first kappa shape index (κ1) is 15.1. The van der Waals surface area contributed by atoms with Crippen molar-refractivity contribution in [2.75, 3.05) is 26.7 Å². The topological polar surface area (TPSA) is 61.4 Å². The minimum absolute atomic E-state index is 0. The zero-order valence-corrected chi connectivity index (χ0v) is 10.8. The van der Waals surface area contributed by atoms with Gasteiger partial charge in [-0.2, -0.15) is 17.4 Å². The zero-order valence-electron chi connectivity index (χ0n) is 9.19. The molecule has 0 radical (unpaired) electrons. The first-order chi connectivity index (χ1) is 6.56. The summed E-state index contributed by atoms with van der Waals surface area (Å²) in [5, 5.41) is 3.20. The number of piperidine rings is 1. The van der Waals surface area contributed by atoms with Crippen molar-refractivity contribution in [3.05, 3.63) is 0 Å². The summed E-state index contributed by atoms with van der Waals surface area (Å²) in [5.74, 6) is 0. The van der Waals surface area contributed by atoms with Gasteiger partial charge in [-0.25, -0.2) is 0 Å². The molecule has 1 saturated heterocycles. The SMILES string of the molecule is CCN(C)S(=O)(=O)NC1CCNCC1.Cl. The van der Waals surface area contributed by atoms with Crippen molar-refractivity contribution >= 4 is 22.6 Å². The Kier molecular flexibility index (Phi) is 6.70. The minimum Gasteiger partial charge on any atom is -0.317 e. The maximum absolute atomic E-state index is 11.6. The molecule has 0 unspecified atom stereocenters. The molecule has 0 aromatic rings. The number of nitrogens with one attached hydrogen (secondary N) is 2. The molecule has 0 bridgehead atoms. The molecule has 1 aliphatic rings. The predicted molar refractivity (Wildman–Crippen MR) is 63.5 cm³/mol. The quantitative estimate of drug-likeness (QED) is 0.742. The molecule has 0 spiro atoms. The maximum atomic E-state index is 11.6. The highest BCUT2D eigenvalue weighted by Crippen LogP contribution is 2.05. The van der Waals surface area contributed by atoms with E-state index in [-0.39, 0.29) is 18.4 Å². The molecule has 0 amide bonds. The van der Waals surface area contributed by atoms with Gasteiger partial charge in [-0.1, -0.05) is 6.92 Å². The number of hydrogen-bond acceptors (Lipinski definition) is 3. The van der Waals surface area contributed by atoms with Crippen LogP contribution in [0.3, 0.4) is 0 Å². The molecule has 0 aromatic heterocycles. The lowest BCUT2D eigenvalue weighted by molar-refractivity contribution is 0.405. The van der Waals surface area contributed by atoms with Crippen molar-refractivity contribution in [3.63, 3.8) is 0 Å². The van der Waals surface area contributed by atoms with E-state index >= 15 is 0 Å². The standard InChI is InChI=1S/C8H19N3O2S.ClH/c1-3-11(2)14(12,13)10-8-4-6-9-7-5-8;/h8-10H,3-7H2,1-2H3;1H. The van der Waals surface area contributed by atoms with E-state index in [1.165, 1.54) is 4.31 Å². The van der Waals surface area contributed by atoms with Gasteiger partial charge in [0.15, 0.2) is 0 Å². The van der Waals surface area contributed by atoms with Gasteiger partial charge in [0.2, 0.25) is 0 Å². The lowest BCUT2D eigenvalue weighted by Gasteiger charge is -2.25. The van der Waals surface area contributed by atoms with Crippen LogP contribution in [0.4, 0.5) is 0 Å². The van der Waals surface area contributed by atoms with Crippen molar-refractivity contribution in [2.24, 2.45) is 0 Å². The van der Waals surface area contributed by atoms with E-state index in [4.69, 9.17) is 0 Å². The Morgan fingerprint density at radius 3 is 2.40 bits per heavy atom. The normalized spacial score (nSPS) is 18.9. The highest BCUT2D eigenvalue weighted by Gasteiger charge is 2.22. The van der Waals surface area contributed by atoms with Crippen molar-refractivity contribution < 1.29 is 8.42 Å². The maximum Gasteiger partial charge on any atom is 0.279 e. The Morgan fingerprint density at radius 1 is 1.40 bits per heavy atom. The summed E-state index contributed by atoms with van der Waals surface area (Å²) in [6, 6.07) is 0.0928. The average Bonchev–Trinajstić information content (AvgIpc) is 2.17. The Hall–Kier alpha value is 0.120. The Bertz CT molecular complexity index is 265. The molecule has 5 nitrogen and oxygen atoms in total. The monoisotopic (exact) mass is 257 g/mol. The van der Waals surface area contributed by atoms with Crippen LogP contribution < -0.4 is 10.0 Å². The summed E-state index contributed by atoms with van der Waals surface area (Å²) in [6.07, 6.45) is 1.74. The molecule has 0 aliphatic carbocycles. The zero-order chi connectivity index (χ0) is 10.6. The number of hydrogen-bond donors (Lipinski definition) is 2. The molecule has 1 aliphatic heterocycles. The average molecular weight is 258 g/mol. The summed E-state index contributed by atoms with van der Waals surface area (Å²) >= 11 is 0. The fourth-order valence-electron chi connectivity index (χ4n) is 1.41. The molecule has 0 atom stereocenters. The summed E-state index contributed by atoms with van der Waals surface area (Å²) < 4.78 is 27.3. The molecule has 0 aromatic carbocycles. The highest BCUT2D eigenvalue weighted by atomic mass is 35.5. The van der Waals surface area contributed by atoms with Crippen LogP contribution in [0.25, 0.3) is 0 Å². The molecular formula is C8H20ClN3O2S. The van der Waals surface area contributed by atoms with Crippen LogP contribution in [-0.2, 0) is 10.2 Å². The second-order valence-corrected chi connectivity index (χ2v) is 5.37. The van der Waals surface area contributed by atoms with Crippen LogP contribution in [-0.4, -0.2) is 45.4 Å². The third-order valence-corrected chi connectivity index (χ3v) is 4.22. The Balaban J connectivity index is 0.00000196. The van der Waals surface area contributed by atoms with E-state index < -0.39 is 10.2 Å². The minimum atomic E-state index is -3.25. The summed E-state index contributed by atoms with van der Waals surface area (Å²) in [4.78, 5) is 0. The van der Waals surface area contributed by atoms with Crippen LogP contribution in [0.2, 0.25) is 0 Å². The fraction of sp³-hybridized carbons (Fsp3) is 1.00. The molecule has 0 saturated carbocycles. The molecule has 92 valence electrons. The van der Waals surface area contributed by atoms with Gasteiger partial charge in [0, 0.05) is 19.6 Å². The molecule has 1 fully saturated rings. The first-order valence-electron chi connectivity index (χ1n) is 5.00. The van der Waals surface area contributed by atoms with Gasteiger partial charge in [-0.15, -0.1) is 12.4 Å². The van der Waals surface area contributed by atoms with Gasteiger partial charge in [-0.05, 0) is 25.9 Å². The van der Waals surface area contributed by atoms with Crippen molar-refractivity contribution in [1.29, 1.82) is 0 Å². The van der Waals surface area contributed by atoms with Gasteiger partial charge in [0.1, 0.15) is 0 Å². The van der Waals surface area contributed by atoms with E-state index in [1.54, 1.807) is 7.05 Å². The van der Waals surface area contributed by atoms with Crippen LogP contribution in [0.15, 0.2) is 0 Å². The van der Waals surface area contributed by atoms with E-state index in [2.05, 4.69) is 10.0 Å². The lowest BCUT2D eigenvalue weighted by Crippen LogP contribution is -2.47. The molecule has 2 N–H and O–H groups in total. The van der Waals surface area contributed by atoms with Crippen LogP contribution >= 0.6 is 12.4 Å². The van der Waals surface area contributed by atoms with Crippen LogP contribution in [0.1, 0.15) is 19.8 Å². The van der Waals surface area contributed by atoms with Crippen molar-refractivity contribution in [3.8, 4) is 0 Å². The lowest BCUT2D eigenvalue weighted by atomic mass is 10.1. The third-order valence-electron chi connectivity index (χ3n) is 2.51. The smallest absolute Gasteiger partial charge is 0.279 e. The van der Waals surface area contributed by atoms with Gasteiger partial charge < -0.3 is 5.32 Å². The Morgan fingerprint density at radius 2 is 1.93 bits per heavy atom. The number of halogens is 1. The van der Waals surface area contributed by atoms with Gasteiger partial charge >= 0.3 is 0 Å². The largest absolute Gasteiger partial charge is 0.317 e. The predicted octanol–water partition coefficient (Wildman–Crippen LogP) is -0.0537. The fourth-order valence-corrected chi connectivity index (χ4v) is 2.59. The number of rotatable bonds is 4. The summed E-state index contributed by atoms with van der Waals surface area (Å²) in [6.45, 7) is 4.11. The van der Waals surface area contributed by atoms with E-state index in [1.807, 2.05) is 6.92 Å². The van der Waals surface area contributed by atoms with Gasteiger partial charge in [0.05, 0.1) is 0 Å². The second kappa shape index (κ2) is 6.65. The molecule has 7 heteroatoms. The molecule has 15 heavy (non-hydrogen) atoms. The van der Waals surface area contributed by atoms with Gasteiger partial charge in [0.25, 0.3) is 10.2 Å². The van der Waals surface area contributed by atoms with Crippen LogP contribution in [0.5, 0.6) is 0 Å². The van der Waals surface area contributed by atoms with E-state index in [9.17, 15) is 8.42 Å². The highest BCUT2D eigenvalue weighted by molar-refractivity contribution is 7.87. The van der Waals surface area contributed by atoms with Crippen molar-refractivity contribution in [2.45, 2.75) is 25.8 Å². The molecular weight excluding hydrogens is 238 g/mol. The third kappa shape index (κ3) is 4.65. The van der Waals surface area contributed by atoms with Crippen LogP contribution in [0, 0.1) is 0 Å². The summed E-state index contributed by atoms with van der Waals surface area (Å²) in [5.41, 5.74) is 0. The molecule has 1 heterocycles. The van der Waals surface area contributed by atoms with Crippen molar-refractivity contribution in [1.82, 2.24) is 14.3 Å². The number of nitrogens with zero attached hydrogens (tertiary/aromatic N) is 1. The molecule has 1 rings (SSSR count). The Labute approximate surface area is 98.2 Å². The first-order valence-corrected chi connectivity index (χ1v) is 6.44. The van der Waals surface area contributed by atoms with E-state index in [0.29, 0.717) is 6.54 Å².